The molecule has 0 bridgehead atoms. The molecule has 0 saturated carbocycles. The van der Waals surface area contributed by atoms with Crippen LogP contribution in [0.3, 0.4) is 0 Å². The summed E-state index contributed by atoms with van der Waals surface area (Å²) in [6.07, 6.45) is 1.53. The van der Waals surface area contributed by atoms with Gasteiger partial charge in [-0.1, -0.05) is 5.16 Å². The number of hydrogen-bond acceptors (Lipinski definition) is 4. The SMILES string of the molecule is CO/N=C/c1ccc(O)c(OC)c1.Cl. The number of hydrogen-bond donors (Lipinski definition) is 1. The third-order valence-electron chi connectivity index (χ3n) is 1.51. The Morgan fingerprint density at radius 1 is 1.36 bits per heavy atom. The largest absolute Gasteiger partial charge is 0.504 e. The van der Waals surface area contributed by atoms with Gasteiger partial charge in [-0.05, 0) is 18.2 Å². The monoisotopic (exact) mass is 217 g/mol. The van der Waals surface area contributed by atoms with E-state index < -0.39 is 0 Å². The highest BCUT2D eigenvalue weighted by atomic mass is 35.5. The highest BCUT2D eigenvalue weighted by molar-refractivity contribution is 5.85. The van der Waals surface area contributed by atoms with E-state index in [9.17, 15) is 5.11 Å². The minimum atomic E-state index is 0. The molecule has 0 atom stereocenters. The Morgan fingerprint density at radius 3 is 2.64 bits per heavy atom. The third kappa shape index (κ3) is 3.14. The number of halogens is 1. The molecule has 78 valence electrons. The smallest absolute Gasteiger partial charge is 0.161 e. The van der Waals surface area contributed by atoms with Crippen LogP contribution in [0.1, 0.15) is 5.56 Å². The lowest BCUT2D eigenvalue weighted by Crippen LogP contribution is -1.87. The highest BCUT2D eigenvalue weighted by Gasteiger charge is 2.00. The maximum Gasteiger partial charge on any atom is 0.161 e. The first-order chi connectivity index (χ1) is 6.27. The first-order valence-corrected chi connectivity index (χ1v) is 3.71. The summed E-state index contributed by atoms with van der Waals surface area (Å²) in [6.45, 7) is 0. The number of aromatic hydroxyl groups is 1. The summed E-state index contributed by atoms with van der Waals surface area (Å²) < 4.78 is 4.91. The molecule has 1 rings (SSSR count). The van der Waals surface area contributed by atoms with E-state index in [0.29, 0.717) is 5.75 Å². The Bertz CT molecular complexity index is 315. The normalized spacial score (nSPS) is 9.57. The second-order valence-electron chi connectivity index (χ2n) is 2.35. The lowest BCUT2D eigenvalue weighted by atomic mass is 10.2. The lowest BCUT2D eigenvalue weighted by molar-refractivity contribution is 0.215. The molecule has 0 aliphatic carbocycles. The number of phenolic OH excluding ortho intramolecular Hbond substituents is 1. The molecule has 0 aromatic heterocycles. The zero-order valence-electron chi connectivity index (χ0n) is 7.93. The minimum Gasteiger partial charge on any atom is -0.504 e. The molecule has 1 aromatic carbocycles. The maximum atomic E-state index is 9.26. The van der Waals surface area contributed by atoms with Gasteiger partial charge in [-0.3, -0.25) is 0 Å². The number of ether oxygens (including phenoxy) is 1. The van der Waals surface area contributed by atoms with Gasteiger partial charge in [0.15, 0.2) is 11.5 Å². The van der Waals surface area contributed by atoms with Gasteiger partial charge in [0.1, 0.15) is 7.11 Å². The molecule has 4 nitrogen and oxygen atoms in total. The van der Waals surface area contributed by atoms with E-state index >= 15 is 0 Å². The van der Waals surface area contributed by atoms with Gasteiger partial charge >= 0.3 is 0 Å². The van der Waals surface area contributed by atoms with Gasteiger partial charge in [0, 0.05) is 5.56 Å². The van der Waals surface area contributed by atoms with Crippen LogP contribution in [0.5, 0.6) is 11.5 Å². The predicted octanol–water partition coefficient (Wildman–Crippen LogP) is 1.80. The molecular formula is C9H12ClNO3. The van der Waals surface area contributed by atoms with Gasteiger partial charge in [-0.25, -0.2) is 0 Å². The summed E-state index contributed by atoms with van der Waals surface area (Å²) in [4.78, 5) is 4.52. The van der Waals surface area contributed by atoms with Crippen molar-refractivity contribution in [3.8, 4) is 11.5 Å². The van der Waals surface area contributed by atoms with Crippen molar-refractivity contribution in [2.45, 2.75) is 0 Å². The average Bonchev–Trinajstić information content (AvgIpc) is 2.16. The van der Waals surface area contributed by atoms with E-state index in [1.54, 1.807) is 12.1 Å². The summed E-state index contributed by atoms with van der Waals surface area (Å²) in [5.41, 5.74) is 0.802. The van der Waals surface area contributed by atoms with E-state index in [1.165, 1.54) is 26.5 Å². The molecule has 0 unspecified atom stereocenters. The Balaban J connectivity index is 0.00000169. The number of methoxy groups -OCH3 is 1. The van der Waals surface area contributed by atoms with Gasteiger partial charge in [-0.2, -0.15) is 0 Å². The van der Waals surface area contributed by atoms with Crippen molar-refractivity contribution < 1.29 is 14.7 Å². The van der Waals surface area contributed by atoms with Crippen LogP contribution < -0.4 is 4.74 Å². The summed E-state index contributed by atoms with van der Waals surface area (Å²) >= 11 is 0. The van der Waals surface area contributed by atoms with Crippen LogP contribution in [0, 0.1) is 0 Å². The molecule has 5 heteroatoms. The number of oxime groups is 1. The first-order valence-electron chi connectivity index (χ1n) is 3.71. The van der Waals surface area contributed by atoms with Gasteiger partial charge < -0.3 is 14.7 Å². The number of benzene rings is 1. The molecule has 0 radical (unpaired) electrons. The van der Waals surface area contributed by atoms with Crippen molar-refractivity contribution in [2.75, 3.05) is 14.2 Å². The fourth-order valence-electron chi connectivity index (χ4n) is 0.888. The summed E-state index contributed by atoms with van der Waals surface area (Å²) in [7, 11) is 2.96. The van der Waals surface area contributed by atoms with Crippen LogP contribution in [-0.4, -0.2) is 25.5 Å². The van der Waals surface area contributed by atoms with Crippen LogP contribution in [0.4, 0.5) is 0 Å². The van der Waals surface area contributed by atoms with Crippen molar-refractivity contribution >= 4 is 18.6 Å². The summed E-state index contributed by atoms with van der Waals surface area (Å²) in [5.74, 6) is 0.525. The Hall–Kier alpha value is -1.42. The second-order valence-corrected chi connectivity index (χ2v) is 2.35. The van der Waals surface area contributed by atoms with Crippen LogP contribution in [0.15, 0.2) is 23.4 Å². The van der Waals surface area contributed by atoms with Gasteiger partial charge in [-0.15, -0.1) is 12.4 Å². The third-order valence-corrected chi connectivity index (χ3v) is 1.51. The first kappa shape index (κ1) is 12.6. The summed E-state index contributed by atoms with van der Waals surface area (Å²) in [5, 5.41) is 12.8. The molecule has 0 aliphatic heterocycles. The van der Waals surface area contributed by atoms with E-state index in [4.69, 9.17) is 4.74 Å². The molecule has 0 saturated heterocycles. The van der Waals surface area contributed by atoms with Crippen molar-refractivity contribution in [1.82, 2.24) is 0 Å². The number of nitrogens with zero attached hydrogens (tertiary/aromatic N) is 1. The van der Waals surface area contributed by atoms with Gasteiger partial charge in [0.2, 0.25) is 0 Å². The van der Waals surface area contributed by atoms with Crippen molar-refractivity contribution in [1.29, 1.82) is 0 Å². The van der Waals surface area contributed by atoms with E-state index in [1.807, 2.05) is 0 Å². The Kier molecular flexibility index (Phi) is 5.48. The van der Waals surface area contributed by atoms with Gasteiger partial charge in [0.05, 0.1) is 13.3 Å². The molecule has 0 amide bonds. The van der Waals surface area contributed by atoms with Crippen molar-refractivity contribution in [2.24, 2.45) is 5.16 Å². The molecule has 14 heavy (non-hydrogen) atoms. The fraction of sp³-hybridized carbons (Fsp3) is 0.222. The zero-order valence-corrected chi connectivity index (χ0v) is 8.75. The quantitative estimate of drug-likeness (QED) is 0.621. The van der Waals surface area contributed by atoms with Crippen LogP contribution in [-0.2, 0) is 4.84 Å². The molecule has 0 aliphatic rings. The maximum absolute atomic E-state index is 9.26. The Labute approximate surface area is 88.6 Å². The van der Waals surface area contributed by atoms with Crippen LogP contribution >= 0.6 is 12.4 Å². The molecule has 1 aromatic rings. The topological polar surface area (TPSA) is 51.0 Å². The molecule has 0 heterocycles. The van der Waals surface area contributed by atoms with Crippen LogP contribution in [0.25, 0.3) is 0 Å². The van der Waals surface area contributed by atoms with E-state index in [0.717, 1.165) is 5.56 Å². The van der Waals surface area contributed by atoms with E-state index in [2.05, 4.69) is 9.99 Å². The molecule has 0 fully saturated rings. The fourth-order valence-corrected chi connectivity index (χ4v) is 0.888. The molecule has 1 N–H and O–H groups in total. The Morgan fingerprint density at radius 2 is 2.07 bits per heavy atom. The average molecular weight is 218 g/mol. The number of rotatable bonds is 3. The van der Waals surface area contributed by atoms with Gasteiger partial charge in [0.25, 0.3) is 0 Å². The van der Waals surface area contributed by atoms with E-state index in [-0.39, 0.29) is 18.2 Å². The van der Waals surface area contributed by atoms with Crippen LogP contribution in [0.2, 0.25) is 0 Å². The lowest BCUT2D eigenvalue weighted by Gasteiger charge is -2.02. The zero-order chi connectivity index (χ0) is 9.68. The standard InChI is InChI=1S/C9H11NO3.ClH/c1-12-9-5-7(6-10-13-2)3-4-8(9)11;/h3-6,11H,1-2H3;1H/b10-6+;. The highest BCUT2D eigenvalue weighted by Crippen LogP contribution is 2.25. The molecular weight excluding hydrogens is 206 g/mol. The van der Waals surface area contributed by atoms with Crippen molar-refractivity contribution in [3.63, 3.8) is 0 Å². The molecule has 0 spiro atoms. The minimum absolute atomic E-state index is 0. The predicted molar refractivity (Wildman–Crippen MR) is 56.5 cm³/mol. The number of phenols is 1. The second kappa shape index (κ2) is 6.10. The summed E-state index contributed by atoms with van der Waals surface area (Å²) in [6, 6.07) is 4.91. The van der Waals surface area contributed by atoms with Crippen molar-refractivity contribution in [3.05, 3.63) is 23.8 Å².